The topological polar surface area (TPSA) is 32.7 Å². The third-order valence-electron chi connectivity index (χ3n) is 4.43. The Hall–Kier alpha value is -3.20. The van der Waals surface area contributed by atoms with Crippen LogP contribution in [0.1, 0.15) is 18.1 Å². The van der Waals surface area contributed by atoms with Gasteiger partial charge in [0.05, 0.1) is 17.0 Å². The molecule has 4 rings (SSSR count). The molecule has 1 heterocycles. The Kier molecular flexibility index (Phi) is 3.69. The number of hydrogen-bond donors (Lipinski definition) is 0. The van der Waals surface area contributed by atoms with Crippen molar-refractivity contribution in [1.29, 1.82) is 0 Å². The summed E-state index contributed by atoms with van der Waals surface area (Å²) in [5.74, 6) is -0.0895. The predicted octanol–water partition coefficient (Wildman–Crippen LogP) is 4.95. The number of fused-ring (bicyclic) bond motifs is 1. The van der Waals surface area contributed by atoms with Crippen molar-refractivity contribution in [2.75, 3.05) is 5.01 Å². The summed E-state index contributed by atoms with van der Waals surface area (Å²) in [5.41, 5.74) is 4.36. The van der Waals surface area contributed by atoms with E-state index in [0.29, 0.717) is 5.57 Å². The summed E-state index contributed by atoms with van der Waals surface area (Å²) in [6.45, 7) is 3.92. The lowest BCUT2D eigenvalue weighted by Crippen LogP contribution is -2.21. The van der Waals surface area contributed by atoms with E-state index in [1.165, 1.54) is 10.6 Å². The van der Waals surface area contributed by atoms with E-state index in [9.17, 15) is 4.79 Å². The molecule has 0 radical (unpaired) electrons. The third-order valence-corrected chi connectivity index (χ3v) is 4.43. The molecule has 0 saturated heterocycles. The van der Waals surface area contributed by atoms with E-state index in [0.717, 1.165) is 27.7 Å². The summed E-state index contributed by atoms with van der Waals surface area (Å²) >= 11 is 0. The number of carbonyl (C=O) groups is 1. The molecule has 1 aliphatic heterocycles. The number of benzene rings is 3. The minimum absolute atomic E-state index is 0.0895. The van der Waals surface area contributed by atoms with Crippen LogP contribution in [0.4, 0.5) is 5.69 Å². The van der Waals surface area contributed by atoms with E-state index in [-0.39, 0.29) is 5.91 Å². The molecule has 0 unspecified atom stereocenters. The molecule has 0 N–H and O–H groups in total. The first-order valence-electron chi connectivity index (χ1n) is 8.29. The van der Waals surface area contributed by atoms with E-state index in [1.807, 2.05) is 80.6 Å². The molecule has 0 bridgehead atoms. The second kappa shape index (κ2) is 6.02. The fourth-order valence-corrected chi connectivity index (χ4v) is 3.00. The molecule has 0 aromatic heterocycles. The van der Waals surface area contributed by atoms with E-state index >= 15 is 0 Å². The monoisotopic (exact) mass is 326 g/mol. The standard InChI is InChI=1S/C22H18N2O/c1-15-7-9-17(10-8-15)13-21-16(2)23-24(22(21)25)20-12-11-18-5-3-4-6-19(18)14-20/h3-14H,1-2H3/b21-13-. The zero-order chi connectivity index (χ0) is 17.4. The second-order valence-corrected chi connectivity index (χ2v) is 6.30. The smallest absolute Gasteiger partial charge is 0.267 e. The van der Waals surface area contributed by atoms with Crippen molar-refractivity contribution in [2.24, 2.45) is 5.10 Å². The van der Waals surface area contributed by atoms with Crippen LogP contribution in [0.2, 0.25) is 0 Å². The van der Waals surface area contributed by atoms with Crippen molar-refractivity contribution < 1.29 is 4.79 Å². The van der Waals surface area contributed by atoms with Crippen molar-refractivity contribution in [3.8, 4) is 0 Å². The maximum Gasteiger partial charge on any atom is 0.280 e. The molecular weight excluding hydrogens is 308 g/mol. The lowest BCUT2D eigenvalue weighted by molar-refractivity contribution is -0.114. The van der Waals surface area contributed by atoms with Crippen LogP contribution < -0.4 is 5.01 Å². The van der Waals surface area contributed by atoms with Crippen LogP contribution in [0.3, 0.4) is 0 Å². The fraction of sp³-hybridized carbons (Fsp3) is 0.0909. The number of aryl methyl sites for hydroxylation is 1. The van der Waals surface area contributed by atoms with E-state index < -0.39 is 0 Å². The molecule has 0 saturated carbocycles. The Balaban J connectivity index is 1.70. The van der Waals surface area contributed by atoms with Gasteiger partial charge in [0.2, 0.25) is 0 Å². The summed E-state index contributed by atoms with van der Waals surface area (Å²) < 4.78 is 0. The average Bonchev–Trinajstić information content (AvgIpc) is 2.91. The van der Waals surface area contributed by atoms with Gasteiger partial charge in [0.25, 0.3) is 5.91 Å². The van der Waals surface area contributed by atoms with Crippen LogP contribution >= 0.6 is 0 Å². The Bertz CT molecular complexity index is 1030. The number of rotatable bonds is 2. The molecular formula is C22H18N2O. The summed E-state index contributed by atoms with van der Waals surface area (Å²) in [7, 11) is 0. The van der Waals surface area contributed by atoms with E-state index in [2.05, 4.69) is 11.2 Å². The minimum atomic E-state index is -0.0895. The highest BCUT2D eigenvalue weighted by Crippen LogP contribution is 2.28. The molecule has 0 atom stereocenters. The largest absolute Gasteiger partial charge is 0.280 e. The van der Waals surface area contributed by atoms with Gasteiger partial charge in [-0.05, 0) is 48.4 Å². The lowest BCUT2D eigenvalue weighted by Gasteiger charge is -2.12. The summed E-state index contributed by atoms with van der Waals surface area (Å²) in [5, 5.41) is 8.20. The number of hydrazone groups is 1. The molecule has 1 amide bonds. The molecule has 1 aliphatic rings. The first-order valence-corrected chi connectivity index (χ1v) is 8.29. The molecule has 25 heavy (non-hydrogen) atoms. The first kappa shape index (κ1) is 15.3. The van der Waals surface area contributed by atoms with Gasteiger partial charge in [-0.2, -0.15) is 10.1 Å². The second-order valence-electron chi connectivity index (χ2n) is 6.30. The zero-order valence-electron chi connectivity index (χ0n) is 14.2. The molecule has 0 spiro atoms. The van der Waals surface area contributed by atoms with Crippen LogP contribution in [0.25, 0.3) is 16.8 Å². The van der Waals surface area contributed by atoms with Gasteiger partial charge in [-0.15, -0.1) is 0 Å². The van der Waals surface area contributed by atoms with Crippen LogP contribution in [-0.4, -0.2) is 11.6 Å². The highest BCUT2D eigenvalue weighted by molar-refractivity contribution is 6.32. The first-order chi connectivity index (χ1) is 12.1. The molecule has 122 valence electrons. The third kappa shape index (κ3) is 2.85. The predicted molar refractivity (Wildman–Crippen MR) is 104 cm³/mol. The van der Waals surface area contributed by atoms with Gasteiger partial charge in [0.15, 0.2) is 0 Å². The van der Waals surface area contributed by atoms with E-state index in [4.69, 9.17) is 0 Å². The van der Waals surface area contributed by atoms with Crippen LogP contribution in [0.5, 0.6) is 0 Å². The number of carbonyl (C=O) groups excluding carboxylic acids is 1. The van der Waals surface area contributed by atoms with Crippen molar-refractivity contribution in [1.82, 2.24) is 0 Å². The van der Waals surface area contributed by atoms with Gasteiger partial charge >= 0.3 is 0 Å². The molecule has 0 aliphatic carbocycles. The number of anilines is 1. The Morgan fingerprint density at radius 1 is 0.880 bits per heavy atom. The summed E-state index contributed by atoms with van der Waals surface area (Å²) in [4.78, 5) is 12.9. The Morgan fingerprint density at radius 2 is 1.60 bits per heavy atom. The number of hydrogen-bond acceptors (Lipinski definition) is 2. The van der Waals surface area contributed by atoms with Gasteiger partial charge in [0.1, 0.15) is 0 Å². The SMILES string of the molecule is CC1=NN(c2ccc3ccccc3c2)C(=O)/C1=C\c1ccc(C)cc1. The van der Waals surface area contributed by atoms with E-state index in [1.54, 1.807) is 0 Å². The van der Waals surface area contributed by atoms with Gasteiger partial charge < -0.3 is 0 Å². The maximum absolute atomic E-state index is 12.9. The quantitative estimate of drug-likeness (QED) is 0.613. The Labute approximate surface area is 146 Å². The van der Waals surface area contributed by atoms with Crippen molar-refractivity contribution in [3.05, 3.63) is 83.4 Å². The molecule has 3 aromatic carbocycles. The van der Waals surface area contributed by atoms with Crippen LogP contribution in [0, 0.1) is 6.92 Å². The maximum atomic E-state index is 12.9. The van der Waals surface area contributed by atoms with Gasteiger partial charge in [-0.1, -0.05) is 60.2 Å². The minimum Gasteiger partial charge on any atom is -0.267 e. The van der Waals surface area contributed by atoms with Gasteiger partial charge in [-0.3, -0.25) is 4.79 Å². The number of nitrogens with zero attached hydrogens (tertiary/aromatic N) is 2. The van der Waals surface area contributed by atoms with Crippen LogP contribution in [0.15, 0.2) is 77.4 Å². The zero-order valence-corrected chi connectivity index (χ0v) is 14.2. The Morgan fingerprint density at radius 3 is 2.36 bits per heavy atom. The highest BCUT2D eigenvalue weighted by Gasteiger charge is 2.28. The summed E-state index contributed by atoms with van der Waals surface area (Å²) in [6.07, 6.45) is 1.90. The highest BCUT2D eigenvalue weighted by atomic mass is 16.2. The van der Waals surface area contributed by atoms with Crippen molar-refractivity contribution >= 4 is 34.2 Å². The lowest BCUT2D eigenvalue weighted by atomic mass is 10.1. The average molecular weight is 326 g/mol. The molecule has 3 nitrogen and oxygen atoms in total. The van der Waals surface area contributed by atoms with Crippen molar-refractivity contribution in [3.63, 3.8) is 0 Å². The number of amides is 1. The van der Waals surface area contributed by atoms with Crippen molar-refractivity contribution in [2.45, 2.75) is 13.8 Å². The normalized spacial score (nSPS) is 15.9. The summed E-state index contributed by atoms with van der Waals surface area (Å²) in [6, 6.07) is 22.2. The molecule has 3 heteroatoms. The molecule has 0 fully saturated rings. The van der Waals surface area contributed by atoms with Gasteiger partial charge in [0, 0.05) is 0 Å². The van der Waals surface area contributed by atoms with Gasteiger partial charge in [-0.25, -0.2) is 0 Å². The molecule has 3 aromatic rings. The fourth-order valence-electron chi connectivity index (χ4n) is 3.00. The van der Waals surface area contributed by atoms with Crippen LogP contribution in [-0.2, 0) is 4.79 Å².